The Hall–Kier alpha value is -1.04. The van der Waals surface area contributed by atoms with Crippen LogP contribution >= 0.6 is 0 Å². The molecule has 9 heteroatoms. The molecule has 1 heterocycles. The summed E-state index contributed by atoms with van der Waals surface area (Å²) in [6, 6.07) is 0. The van der Waals surface area contributed by atoms with Crippen molar-refractivity contribution in [3.8, 4) is 0 Å². The van der Waals surface area contributed by atoms with Crippen molar-refractivity contribution in [1.29, 1.82) is 0 Å². The molecule has 1 saturated heterocycles. The molecule has 0 bridgehead atoms. The first-order valence-electron chi connectivity index (χ1n) is 14.6. The van der Waals surface area contributed by atoms with Gasteiger partial charge in [0.1, 0.15) is 12.7 Å². The van der Waals surface area contributed by atoms with Crippen LogP contribution in [0.15, 0.2) is 0 Å². The van der Waals surface area contributed by atoms with Crippen molar-refractivity contribution in [2.45, 2.75) is 154 Å². The Bertz CT molecular complexity index is 685. The summed E-state index contributed by atoms with van der Waals surface area (Å²) < 4.78 is 23.1. The number of ether oxygens (including phenoxy) is 2. The number of esters is 2. The molecule has 216 valence electrons. The highest BCUT2D eigenvalue weighted by atomic mass is 28.4. The summed E-state index contributed by atoms with van der Waals surface area (Å²) in [7, 11) is -4.23. The molecule has 0 aromatic heterocycles. The van der Waals surface area contributed by atoms with Crippen molar-refractivity contribution in [2.24, 2.45) is 0 Å². The molecule has 3 unspecified atom stereocenters. The zero-order chi connectivity index (χ0) is 27.9. The summed E-state index contributed by atoms with van der Waals surface area (Å²) in [6.07, 6.45) is 14.0. The average Bonchev–Trinajstić information content (AvgIpc) is 3.06. The molecule has 0 aromatic rings. The first-order valence-corrected chi connectivity index (χ1v) is 21.4. The second-order valence-electron chi connectivity index (χ2n) is 12.3. The Morgan fingerprint density at radius 3 is 1.73 bits per heavy atom. The monoisotopic (exact) mass is 558 g/mol. The van der Waals surface area contributed by atoms with Gasteiger partial charge in [-0.05, 0) is 45.7 Å². The molecular weight excluding hydrogens is 504 g/mol. The van der Waals surface area contributed by atoms with Gasteiger partial charge in [-0.25, -0.2) is 4.79 Å². The van der Waals surface area contributed by atoms with E-state index in [4.69, 9.17) is 18.3 Å². The van der Waals surface area contributed by atoms with Gasteiger partial charge in [0.25, 0.3) is 5.78 Å². The van der Waals surface area contributed by atoms with E-state index in [1.54, 1.807) is 0 Å². The Labute approximate surface area is 228 Å². The van der Waals surface area contributed by atoms with Gasteiger partial charge in [0.05, 0.1) is 0 Å². The molecule has 0 aliphatic carbocycles. The minimum atomic E-state index is -2.13. The smallest absolute Gasteiger partial charge is 0.378 e. The molecule has 0 saturated carbocycles. The maximum Gasteiger partial charge on any atom is 0.378 e. The second-order valence-corrected chi connectivity index (χ2v) is 21.3. The number of hydrogen-bond donors (Lipinski definition) is 0. The molecule has 0 aromatic carbocycles. The van der Waals surface area contributed by atoms with E-state index in [9.17, 15) is 14.4 Å². The number of Topliss-reactive ketones (excluding diaryl/α,β-unsaturated/α-hetero) is 1. The van der Waals surface area contributed by atoms with Crippen LogP contribution in [0.5, 0.6) is 0 Å². The predicted molar refractivity (Wildman–Crippen MR) is 153 cm³/mol. The predicted octanol–water partition coefficient (Wildman–Crippen LogP) is 6.95. The number of carbonyl (C=O) groups is 3. The van der Waals surface area contributed by atoms with Crippen LogP contribution < -0.4 is 0 Å². The topological polar surface area (TPSA) is 88.1 Å². The normalized spacial score (nSPS) is 19.2. The summed E-state index contributed by atoms with van der Waals surface area (Å²) in [4.78, 5) is 36.9. The average molecular weight is 559 g/mol. The highest BCUT2D eigenvalue weighted by molar-refractivity contribution is 6.70. The Balaban J connectivity index is 2.35. The summed E-state index contributed by atoms with van der Waals surface area (Å²) in [5.41, 5.74) is 0. The van der Waals surface area contributed by atoms with Gasteiger partial charge in [0.2, 0.25) is 0 Å². The molecule has 1 rings (SSSR count). The standard InChI is InChI=1S/C28H54O7Si2/c1-8-9-10-11-12-13-14-15-16-17-18-19-20-21-24(29)32-22-23(34-36(2,3)4)26-27(35-37(5,6)7)25(30)28(31)33-26/h23,26-27H,8-22H2,1-7H3. The fraction of sp³-hybridized carbons (Fsp3) is 0.893. The molecule has 1 aliphatic rings. The number of cyclic esters (lactones) is 1. The first kappa shape index (κ1) is 34.0. The zero-order valence-corrected chi connectivity index (χ0v) is 26.7. The largest absolute Gasteiger partial charge is 0.463 e. The van der Waals surface area contributed by atoms with Gasteiger partial charge in [-0.2, -0.15) is 0 Å². The van der Waals surface area contributed by atoms with Crippen molar-refractivity contribution in [2.75, 3.05) is 6.61 Å². The van der Waals surface area contributed by atoms with Crippen LogP contribution in [0.3, 0.4) is 0 Å². The number of unbranched alkanes of at least 4 members (excludes halogenated alkanes) is 12. The third kappa shape index (κ3) is 15.8. The van der Waals surface area contributed by atoms with Crippen molar-refractivity contribution >= 4 is 34.4 Å². The van der Waals surface area contributed by atoms with E-state index in [0.29, 0.717) is 6.42 Å². The third-order valence-electron chi connectivity index (χ3n) is 6.25. The van der Waals surface area contributed by atoms with Crippen molar-refractivity contribution < 1.29 is 32.7 Å². The molecule has 0 N–H and O–H groups in total. The van der Waals surface area contributed by atoms with Crippen LogP contribution in [0.2, 0.25) is 39.3 Å². The van der Waals surface area contributed by atoms with E-state index in [1.165, 1.54) is 64.2 Å². The highest BCUT2D eigenvalue weighted by Crippen LogP contribution is 2.26. The minimum Gasteiger partial charge on any atom is -0.463 e. The SMILES string of the molecule is CCCCCCCCCCCCCCCC(=O)OCC(O[Si](C)(C)C)C1OC(=O)C(=O)C1O[Si](C)(C)C. The molecule has 7 nitrogen and oxygen atoms in total. The highest BCUT2D eigenvalue weighted by Gasteiger charge is 2.51. The number of ketones is 1. The zero-order valence-electron chi connectivity index (χ0n) is 24.7. The molecule has 1 fully saturated rings. The van der Waals surface area contributed by atoms with E-state index < -0.39 is 46.7 Å². The van der Waals surface area contributed by atoms with Gasteiger partial charge in [-0.1, -0.05) is 84.0 Å². The molecular formula is C28H54O7Si2. The number of carbonyl (C=O) groups excluding carboxylic acids is 3. The lowest BCUT2D eigenvalue weighted by molar-refractivity contribution is -0.155. The van der Waals surface area contributed by atoms with E-state index in [1.807, 2.05) is 39.3 Å². The first-order chi connectivity index (χ1) is 17.3. The van der Waals surface area contributed by atoms with Gasteiger partial charge in [-0.3, -0.25) is 9.59 Å². The fourth-order valence-corrected chi connectivity index (χ4v) is 6.58. The van der Waals surface area contributed by atoms with Crippen LogP contribution in [-0.4, -0.2) is 59.3 Å². The van der Waals surface area contributed by atoms with Crippen LogP contribution in [-0.2, 0) is 32.7 Å². The molecule has 0 spiro atoms. The van der Waals surface area contributed by atoms with Crippen LogP contribution in [0.1, 0.15) is 96.8 Å². The van der Waals surface area contributed by atoms with Crippen LogP contribution in [0.4, 0.5) is 0 Å². The van der Waals surface area contributed by atoms with Crippen LogP contribution in [0, 0.1) is 0 Å². The summed E-state index contributed by atoms with van der Waals surface area (Å²) in [5.74, 6) is -1.88. The van der Waals surface area contributed by atoms with Crippen molar-refractivity contribution in [3.05, 3.63) is 0 Å². The maximum atomic E-state index is 12.4. The lowest BCUT2D eigenvalue weighted by atomic mass is 10.0. The Morgan fingerprint density at radius 2 is 1.27 bits per heavy atom. The summed E-state index contributed by atoms with van der Waals surface area (Å²) >= 11 is 0. The molecule has 0 amide bonds. The molecule has 3 atom stereocenters. The van der Waals surface area contributed by atoms with Gasteiger partial charge in [-0.15, -0.1) is 0 Å². The van der Waals surface area contributed by atoms with Gasteiger partial charge >= 0.3 is 11.9 Å². The van der Waals surface area contributed by atoms with E-state index in [2.05, 4.69) is 6.92 Å². The summed E-state index contributed by atoms with van der Waals surface area (Å²) in [5, 5.41) is 0. The van der Waals surface area contributed by atoms with Gasteiger partial charge in [0, 0.05) is 6.42 Å². The minimum absolute atomic E-state index is 0.0572. The van der Waals surface area contributed by atoms with E-state index in [-0.39, 0.29) is 12.6 Å². The molecule has 1 aliphatic heterocycles. The van der Waals surface area contributed by atoms with E-state index >= 15 is 0 Å². The van der Waals surface area contributed by atoms with Crippen LogP contribution in [0.25, 0.3) is 0 Å². The Kier molecular flexibility index (Phi) is 16.1. The fourth-order valence-electron chi connectivity index (χ4n) is 4.47. The Morgan fingerprint density at radius 1 is 0.784 bits per heavy atom. The van der Waals surface area contributed by atoms with Crippen molar-refractivity contribution in [1.82, 2.24) is 0 Å². The van der Waals surface area contributed by atoms with E-state index in [0.717, 1.165) is 19.3 Å². The number of rotatable bonds is 21. The van der Waals surface area contributed by atoms with Gasteiger partial charge in [0.15, 0.2) is 28.8 Å². The second kappa shape index (κ2) is 17.5. The third-order valence-corrected chi connectivity index (χ3v) is 8.22. The summed E-state index contributed by atoms with van der Waals surface area (Å²) in [6.45, 7) is 14.0. The number of hydrogen-bond acceptors (Lipinski definition) is 7. The molecule has 0 radical (unpaired) electrons. The molecule has 37 heavy (non-hydrogen) atoms. The van der Waals surface area contributed by atoms with Gasteiger partial charge < -0.3 is 18.3 Å². The van der Waals surface area contributed by atoms with Crippen molar-refractivity contribution in [3.63, 3.8) is 0 Å². The quantitative estimate of drug-likeness (QED) is 0.0652. The lowest BCUT2D eigenvalue weighted by Crippen LogP contribution is -2.50. The lowest BCUT2D eigenvalue weighted by Gasteiger charge is -2.33. The maximum absolute atomic E-state index is 12.4.